The number of benzene rings is 2. The minimum absolute atomic E-state index is 0.124. The minimum Gasteiger partial charge on any atom is -0.493 e. The molecule has 0 radical (unpaired) electrons. The van der Waals surface area contributed by atoms with E-state index in [2.05, 4.69) is 15.3 Å². The number of rotatable bonds is 8. The molecule has 0 atom stereocenters. The maximum absolute atomic E-state index is 12.6. The molecular weight excluding hydrogens is 428 g/mol. The zero-order valence-corrected chi connectivity index (χ0v) is 18.8. The van der Waals surface area contributed by atoms with Crippen LogP contribution in [0, 0.1) is 0 Å². The van der Waals surface area contributed by atoms with Crippen molar-refractivity contribution in [1.29, 1.82) is 0 Å². The maximum atomic E-state index is 12.6. The molecular formula is C23H26N4O6. The third kappa shape index (κ3) is 5.01. The summed E-state index contributed by atoms with van der Waals surface area (Å²) >= 11 is 0. The van der Waals surface area contributed by atoms with E-state index in [9.17, 15) is 9.59 Å². The van der Waals surface area contributed by atoms with Gasteiger partial charge in [-0.1, -0.05) is 6.92 Å². The van der Waals surface area contributed by atoms with Gasteiger partial charge in [0.15, 0.2) is 23.0 Å². The molecule has 0 bridgehead atoms. The van der Waals surface area contributed by atoms with E-state index >= 15 is 0 Å². The van der Waals surface area contributed by atoms with Gasteiger partial charge in [-0.2, -0.15) is 0 Å². The van der Waals surface area contributed by atoms with Crippen LogP contribution in [0.15, 0.2) is 35.1 Å². The number of methoxy groups -OCH3 is 2. The first-order valence-corrected chi connectivity index (χ1v) is 10.6. The molecule has 2 heterocycles. The number of fused-ring (bicyclic) bond motifs is 2. The molecule has 1 aromatic heterocycles. The summed E-state index contributed by atoms with van der Waals surface area (Å²) < 4.78 is 21.6. The highest BCUT2D eigenvalue weighted by Gasteiger charge is 2.16. The maximum Gasteiger partial charge on any atom is 0.258 e. The molecule has 1 amide bonds. The molecule has 0 saturated carbocycles. The average Bonchev–Trinajstić information content (AvgIpc) is 2.82. The number of nitrogens with one attached hydrogen (secondary N) is 2. The van der Waals surface area contributed by atoms with E-state index < -0.39 is 0 Å². The van der Waals surface area contributed by atoms with Gasteiger partial charge >= 0.3 is 0 Å². The quantitative estimate of drug-likeness (QED) is 0.532. The molecule has 10 nitrogen and oxygen atoms in total. The fourth-order valence-electron chi connectivity index (χ4n) is 3.61. The van der Waals surface area contributed by atoms with E-state index in [0.29, 0.717) is 71.7 Å². The van der Waals surface area contributed by atoms with Gasteiger partial charge in [0.1, 0.15) is 19.0 Å². The van der Waals surface area contributed by atoms with Crippen molar-refractivity contribution in [2.24, 2.45) is 0 Å². The number of aromatic amines is 1. The van der Waals surface area contributed by atoms with Crippen molar-refractivity contribution in [2.45, 2.75) is 13.5 Å². The number of carbonyl (C=O) groups excluding carboxylic acids is 1. The number of aromatic nitrogens is 2. The molecule has 2 N–H and O–H groups in total. The molecule has 2 aromatic carbocycles. The second-order valence-electron chi connectivity index (χ2n) is 7.45. The van der Waals surface area contributed by atoms with E-state index in [0.717, 1.165) is 0 Å². The standard InChI is InChI=1S/C23H26N4O6/c1-4-27(13-22(28)24-14-5-6-17-20(9-14)33-8-7-32-17)12-21-25-16-11-19(31-3)18(30-2)10-15(16)23(29)26-21/h5-6,9-11H,4,7-8,12-13H2,1-3H3,(H,24,28)(H,25,26,29). The van der Waals surface area contributed by atoms with Crippen LogP contribution in [0.1, 0.15) is 12.7 Å². The topological polar surface area (TPSA) is 115 Å². The van der Waals surface area contributed by atoms with Gasteiger partial charge < -0.3 is 29.2 Å². The molecule has 33 heavy (non-hydrogen) atoms. The fraction of sp³-hybridized carbons (Fsp3) is 0.348. The zero-order chi connectivity index (χ0) is 23.4. The number of nitrogens with zero attached hydrogens (tertiary/aromatic N) is 2. The Bertz CT molecular complexity index is 1230. The Balaban J connectivity index is 1.47. The molecule has 10 heteroatoms. The van der Waals surface area contributed by atoms with Crippen molar-refractivity contribution >= 4 is 22.5 Å². The number of likely N-dealkylation sites (N-methyl/N-ethyl adjacent to an activating group) is 1. The molecule has 0 fully saturated rings. The van der Waals surface area contributed by atoms with Gasteiger partial charge in [0.05, 0.1) is 38.2 Å². The number of carbonyl (C=O) groups is 1. The lowest BCUT2D eigenvalue weighted by atomic mass is 10.2. The molecule has 0 spiro atoms. The molecule has 3 aromatic rings. The molecule has 4 rings (SSSR count). The van der Waals surface area contributed by atoms with Gasteiger partial charge in [0, 0.05) is 17.8 Å². The molecule has 0 aliphatic carbocycles. The molecule has 1 aliphatic heterocycles. The highest BCUT2D eigenvalue weighted by atomic mass is 16.6. The summed E-state index contributed by atoms with van der Waals surface area (Å²) in [4.78, 5) is 34.5. The highest BCUT2D eigenvalue weighted by Crippen LogP contribution is 2.32. The van der Waals surface area contributed by atoms with Gasteiger partial charge in [0.2, 0.25) is 5.91 Å². The van der Waals surface area contributed by atoms with Crippen LogP contribution in [0.2, 0.25) is 0 Å². The predicted octanol–water partition coefficient (Wildman–Crippen LogP) is 2.17. The highest BCUT2D eigenvalue weighted by molar-refractivity contribution is 5.92. The van der Waals surface area contributed by atoms with E-state index in [1.165, 1.54) is 14.2 Å². The van der Waals surface area contributed by atoms with Crippen LogP contribution in [0.3, 0.4) is 0 Å². The van der Waals surface area contributed by atoms with E-state index in [1.54, 1.807) is 30.3 Å². The number of anilines is 1. The van der Waals surface area contributed by atoms with Gasteiger partial charge in [-0.25, -0.2) is 4.98 Å². The second kappa shape index (κ2) is 9.78. The average molecular weight is 454 g/mol. The number of H-pyrrole nitrogens is 1. The SMILES string of the molecule is CCN(CC(=O)Nc1ccc2c(c1)OCCO2)Cc1nc2cc(OC)c(OC)cc2c(=O)[nH]1. The Labute approximate surface area is 190 Å². The zero-order valence-electron chi connectivity index (χ0n) is 18.8. The van der Waals surface area contributed by atoms with Gasteiger partial charge in [-0.15, -0.1) is 0 Å². The first-order chi connectivity index (χ1) is 16.0. The third-order valence-corrected chi connectivity index (χ3v) is 5.27. The molecule has 174 valence electrons. The van der Waals surface area contributed by atoms with Crippen LogP contribution >= 0.6 is 0 Å². The first kappa shape index (κ1) is 22.4. The van der Waals surface area contributed by atoms with Crippen LogP contribution in [0.4, 0.5) is 5.69 Å². The summed E-state index contributed by atoms with van der Waals surface area (Å²) in [7, 11) is 3.03. The minimum atomic E-state index is -0.285. The van der Waals surface area contributed by atoms with Crippen LogP contribution in [-0.4, -0.2) is 61.3 Å². The van der Waals surface area contributed by atoms with Crippen LogP contribution in [-0.2, 0) is 11.3 Å². The molecule has 0 saturated heterocycles. The second-order valence-corrected chi connectivity index (χ2v) is 7.45. The number of ether oxygens (including phenoxy) is 4. The molecule has 0 unspecified atom stereocenters. The Morgan fingerprint density at radius 1 is 1.12 bits per heavy atom. The monoisotopic (exact) mass is 454 g/mol. The van der Waals surface area contributed by atoms with Gasteiger partial charge in [0.25, 0.3) is 5.56 Å². The van der Waals surface area contributed by atoms with Gasteiger partial charge in [-0.3, -0.25) is 14.5 Å². The lowest BCUT2D eigenvalue weighted by Gasteiger charge is -2.21. The lowest BCUT2D eigenvalue weighted by molar-refractivity contribution is -0.117. The van der Waals surface area contributed by atoms with Crippen molar-refractivity contribution in [3.05, 3.63) is 46.5 Å². The normalized spacial score (nSPS) is 12.6. The number of hydrogen-bond acceptors (Lipinski definition) is 8. The summed E-state index contributed by atoms with van der Waals surface area (Å²) in [6, 6.07) is 8.55. The van der Waals surface area contributed by atoms with Crippen molar-refractivity contribution in [2.75, 3.05) is 45.8 Å². The summed E-state index contributed by atoms with van der Waals surface area (Å²) in [5.41, 5.74) is 0.828. The Morgan fingerprint density at radius 3 is 2.58 bits per heavy atom. The van der Waals surface area contributed by atoms with Crippen molar-refractivity contribution < 1.29 is 23.7 Å². The van der Waals surface area contributed by atoms with Crippen LogP contribution in [0.5, 0.6) is 23.0 Å². The summed E-state index contributed by atoms with van der Waals surface area (Å²) in [6.45, 7) is 3.93. The number of amides is 1. The summed E-state index contributed by atoms with van der Waals surface area (Å²) in [5.74, 6) is 2.47. The Hall–Kier alpha value is -3.79. The van der Waals surface area contributed by atoms with E-state index in [4.69, 9.17) is 18.9 Å². The first-order valence-electron chi connectivity index (χ1n) is 10.6. The Kier molecular flexibility index (Phi) is 6.64. The third-order valence-electron chi connectivity index (χ3n) is 5.27. The van der Waals surface area contributed by atoms with Crippen LogP contribution in [0.25, 0.3) is 10.9 Å². The van der Waals surface area contributed by atoms with E-state index in [1.807, 2.05) is 11.8 Å². The van der Waals surface area contributed by atoms with E-state index in [-0.39, 0.29) is 18.0 Å². The van der Waals surface area contributed by atoms with Crippen molar-refractivity contribution in [3.8, 4) is 23.0 Å². The summed E-state index contributed by atoms with van der Waals surface area (Å²) in [5, 5.41) is 3.27. The fourth-order valence-corrected chi connectivity index (χ4v) is 3.61. The van der Waals surface area contributed by atoms with Crippen LogP contribution < -0.4 is 29.8 Å². The largest absolute Gasteiger partial charge is 0.493 e. The Morgan fingerprint density at radius 2 is 1.85 bits per heavy atom. The number of hydrogen-bond donors (Lipinski definition) is 2. The predicted molar refractivity (Wildman–Crippen MR) is 122 cm³/mol. The van der Waals surface area contributed by atoms with Crippen molar-refractivity contribution in [1.82, 2.24) is 14.9 Å². The van der Waals surface area contributed by atoms with Crippen molar-refractivity contribution in [3.63, 3.8) is 0 Å². The lowest BCUT2D eigenvalue weighted by Crippen LogP contribution is -2.34. The summed E-state index contributed by atoms with van der Waals surface area (Å²) in [6.07, 6.45) is 0. The smallest absolute Gasteiger partial charge is 0.258 e. The molecule has 1 aliphatic rings. The van der Waals surface area contributed by atoms with Gasteiger partial charge in [-0.05, 0) is 24.7 Å².